The van der Waals surface area contributed by atoms with Crippen LogP contribution in [0.4, 0.5) is 5.82 Å². The van der Waals surface area contributed by atoms with Crippen molar-refractivity contribution in [3.05, 3.63) is 17.3 Å². The number of halogens is 1. The van der Waals surface area contributed by atoms with Gasteiger partial charge >= 0.3 is 0 Å². The van der Waals surface area contributed by atoms with Crippen LogP contribution in [0.2, 0.25) is 5.02 Å². The molecule has 6 nitrogen and oxygen atoms in total. The Labute approximate surface area is 135 Å². The van der Waals surface area contributed by atoms with Gasteiger partial charge in [-0.25, -0.2) is 4.98 Å². The molecule has 0 radical (unpaired) electrons. The van der Waals surface area contributed by atoms with E-state index in [0.717, 1.165) is 49.5 Å². The molecule has 0 aliphatic carbocycles. The summed E-state index contributed by atoms with van der Waals surface area (Å²) in [5, 5.41) is 15.2. The zero-order valence-corrected chi connectivity index (χ0v) is 13.8. The smallest absolute Gasteiger partial charge is 0.161 e. The Hall–Kier alpha value is -1.37. The maximum Gasteiger partial charge on any atom is 0.161 e. The van der Waals surface area contributed by atoms with Crippen molar-refractivity contribution >= 4 is 28.5 Å². The van der Waals surface area contributed by atoms with E-state index in [4.69, 9.17) is 16.6 Å². The van der Waals surface area contributed by atoms with Crippen molar-refractivity contribution in [1.29, 1.82) is 0 Å². The van der Waals surface area contributed by atoms with Crippen LogP contribution in [0.1, 0.15) is 13.3 Å². The lowest BCUT2D eigenvalue weighted by molar-refractivity contribution is 0.114. The number of hydrogen-bond donors (Lipinski definition) is 1. The Morgan fingerprint density at radius 2 is 2.05 bits per heavy atom. The highest BCUT2D eigenvalue weighted by atomic mass is 35.5. The van der Waals surface area contributed by atoms with Crippen LogP contribution >= 0.6 is 11.6 Å². The summed E-state index contributed by atoms with van der Waals surface area (Å²) in [6.07, 6.45) is 2.72. The number of rotatable bonds is 4. The molecule has 1 saturated heterocycles. The quantitative estimate of drug-likeness (QED) is 0.924. The zero-order valence-electron chi connectivity index (χ0n) is 13.0. The molecule has 1 atom stereocenters. The molecule has 0 spiro atoms. The van der Waals surface area contributed by atoms with Gasteiger partial charge in [0.25, 0.3) is 0 Å². The van der Waals surface area contributed by atoms with Crippen LogP contribution in [0.25, 0.3) is 11.0 Å². The van der Waals surface area contributed by atoms with Crippen molar-refractivity contribution in [2.75, 3.05) is 37.7 Å². The Morgan fingerprint density at radius 3 is 2.68 bits per heavy atom. The van der Waals surface area contributed by atoms with E-state index in [9.17, 15) is 5.11 Å². The second kappa shape index (κ2) is 6.40. The van der Waals surface area contributed by atoms with E-state index in [1.165, 1.54) is 0 Å². The summed E-state index contributed by atoms with van der Waals surface area (Å²) >= 11 is 6.36. The number of fused-ring (bicyclic) bond motifs is 1. The summed E-state index contributed by atoms with van der Waals surface area (Å²) in [7, 11) is 1.88. The molecule has 1 aliphatic heterocycles. The van der Waals surface area contributed by atoms with Gasteiger partial charge in [0.1, 0.15) is 5.82 Å². The molecule has 1 N–H and O–H groups in total. The third-order valence-electron chi connectivity index (χ3n) is 4.48. The highest BCUT2D eigenvalue weighted by Gasteiger charge is 2.23. The van der Waals surface area contributed by atoms with E-state index in [1.54, 1.807) is 10.9 Å². The van der Waals surface area contributed by atoms with E-state index in [2.05, 4.69) is 21.8 Å². The lowest BCUT2D eigenvalue weighted by atomic mass is 10.1. The van der Waals surface area contributed by atoms with Crippen molar-refractivity contribution in [1.82, 2.24) is 19.7 Å². The van der Waals surface area contributed by atoms with Gasteiger partial charge in [-0.2, -0.15) is 5.10 Å². The van der Waals surface area contributed by atoms with Crippen molar-refractivity contribution in [3.63, 3.8) is 0 Å². The normalized spacial score (nSPS) is 18.1. The van der Waals surface area contributed by atoms with Crippen LogP contribution in [-0.4, -0.2) is 63.6 Å². The number of anilines is 1. The molecule has 0 amide bonds. The number of nitrogens with zero attached hydrogens (tertiary/aromatic N) is 5. The number of aliphatic hydroxyl groups excluding tert-OH is 1. The predicted molar refractivity (Wildman–Crippen MR) is 88.5 cm³/mol. The number of pyridine rings is 1. The van der Waals surface area contributed by atoms with Gasteiger partial charge in [0.05, 0.1) is 23.2 Å². The zero-order chi connectivity index (χ0) is 15.7. The fourth-order valence-corrected chi connectivity index (χ4v) is 3.28. The van der Waals surface area contributed by atoms with Crippen LogP contribution in [0.15, 0.2) is 12.3 Å². The van der Waals surface area contributed by atoms with Gasteiger partial charge in [-0.05, 0) is 6.42 Å². The van der Waals surface area contributed by atoms with Gasteiger partial charge < -0.3 is 10.0 Å². The Kier molecular flexibility index (Phi) is 4.52. The summed E-state index contributed by atoms with van der Waals surface area (Å²) in [5.74, 6) is 0.901. The van der Waals surface area contributed by atoms with Crippen LogP contribution in [0, 0.1) is 0 Å². The molecule has 0 aromatic carbocycles. The lowest BCUT2D eigenvalue weighted by Gasteiger charge is -2.39. The van der Waals surface area contributed by atoms with Gasteiger partial charge in [0.2, 0.25) is 0 Å². The first-order chi connectivity index (χ1) is 10.6. The number of hydrogen-bond acceptors (Lipinski definition) is 5. The van der Waals surface area contributed by atoms with E-state index in [-0.39, 0.29) is 12.6 Å². The lowest BCUT2D eigenvalue weighted by Crippen LogP contribution is -2.51. The SMILES string of the molecule is CCC(CO)N1CCN(c2cc(Cl)c3cnn(C)c3n2)CC1. The molecule has 3 heterocycles. The highest BCUT2D eigenvalue weighted by Crippen LogP contribution is 2.27. The summed E-state index contributed by atoms with van der Waals surface area (Å²) in [6, 6.07) is 2.18. The molecule has 7 heteroatoms. The molecule has 2 aromatic rings. The Morgan fingerprint density at radius 1 is 1.32 bits per heavy atom. The molecule has 1 fully saturated rings. The summed E-state index contributed by atoms with van der Waals surface area (Å²) < 4.78 is 1.75. The largest absolute Gasteiger partial charge is 0.395 e. The van der Waals surface area contributed by atoms with Crippen molar-refractivity contribution in [3.8, 4) is 0 Å². The second-order valence-corrected chi connectivity index (χ2v) is 6.14. The molecule has 2 aromatic heterocycles. The molecule has 0 saturated carbocycles. The molecule has 120 valence electrons. The molecule has 1 aliphatic rings. The van der Waals surface area contributed by atoms with Crippen molar-refractivity contribution < 1.29 is 5.11 Å². The number of piperazine rings is 1. The first-order valence-electron chi connectivity index (χ1n) is 7.72. The standard InChI is InChI=1S/C15H22ClN5O/c1-3-11(10-22)20-4-6-21(7-5-20)14-8-13(16)12-9-17-19(2)15(12)18-14/h8-9,11,22H,3-7,10H2,1-2H3. The van der Waals surface area contributed by atoms with E-state index in [0.29, 0.717) is 5.02 Å². The number of aromatic nitrogens is 3. The molecule has 3 rings (SSSR count). The summed E-state index contributed by atoms with van der Waals surface area (Å²) in [5.41, 5.74) is 0.812. The van der Waals surface area contributed by atoms with Crippen molar-refractivity contribution in [2.45, 2.75) is 19.4 Å². The van der Waals surface area contributed by atoms with Crippen molar-refractivity contribution in [2.24, 2.45) is 7.05 Å². The fraction of sp³-hybridized carbons (Fsp3) is 0.600. The van der Waals surface area contributed by atoms with Crippen LogP contribution in [0.5, 0.6) is 0 Å². The average molecular weight is 324 g/mol. The maximum absolute atomic E-state index is 9.43. The van der Waals surface area contributed by atoms with Crippen LogP contribution < -0.4 is 4.90 Å². The first kappa shape index (κ1) is 15.5. The molecule has 22 heavy (non-hydrogen) atoms. The highest BCUT2D eigenvalue weighted by molar-refractivity contribution is 6.35. The van der Waals surface area contributed by atoms with Gasteiger partial charge in [0.15, 0.2) is 5.65 Å². The molecule has 1 unspecified atom stereocenters. The molecular formula is C15H22ClN5O. The van der Waals surface area contributed by atoms with Crippen LogP contribution in [-0.2, 0) is 7.05 Å². The second-order valence-electron chi connectivity index (χ2n) is 5.74. The minimum atomic E-state index is 0.224. The van der Waals surface area contributed by atoms with Gasteiger partial charge in [-0.1, -0.05) is 18.5 Å². The average Bonchev–Trinajstić information content (AvgIpc) is 2.91. The molecular weight excluding hydrogens is 302 g/mol. The first-order valence-corrected chi connectivity index (χ1v) is 8.10. The van der Waals surface area contributed by atoms with Crippen LogP contribution in [0.3, 0.4) is 0 Å². The third-order valence-corrected chi connectivity index (χ3v) is 4.79. The summed E-state index contributed by atoms with van der Waals surface area (Å²) in [4.78, 5) is 9.30. The Bertz CT molecular complexity index is 647. The minimum absolute atomic E-state index is 0.224. The van der Waals surface area contributed by atoms with Gasteiger partial charge in [0, 0.05) is 45.3 Å². The third kappa shape index (κ3) is 2.78. The monoisotopic (exact) mass is 323 g/mol. The van der Waals surface area contributed by atoms with E-state index >= 15 is 0 Å². The number of aryl methyl sites for hydroxylation is 1. The molecule has 0 bridgehead atoms. The number of aliphatic hydroxyl groups is 1. The fourth-order valence-electron chi connectivity index (χ4n) is 3.04. The van der Waals surface area contributed by atoms with Gasteiger partial charge in [-0.3, -0.25) is 9.58 Å². The Balaban J connectivity index is 1.77. The van der Waals surface area contributed by atoms with E-state index < -0.39 is 0 Å². The summed E-state index contributed by atoms with van der Waals surface area (Å²) in [6.45, 7) is 5.99. The minimum Gasteiger partial charge on any atom is -0.395 e. The predicted octanol–water partition coefficient (Wildman–Crippen LogP) is 1.51. The van der Waals surface area contributed by atoms with Gasteiger partial charge in [-0.15, -0.1) is 0 Å². The van der Waals surface area contributed by atoms with E-state index in [1.807, 2.05) is 13.1 Å². The maximum atomic E-state index is 9.43. The topological polar surface area (TPSA) is 57.4 Å².